The number of amides is 1. The van der Waals surface area contributed by atoms with E-state index in [1.165, 1.54) is 6.07 Å². The molecule has 1 saturated heterocycles. The van der Waals surface area contributed by atoms with E-state index in [1.54, 1.807) is 59.3 Å². The van der Waals surface area contributed by atoms with Gasteiger partial charge in [0.25, 0.3) is 5.91 Å². The lowest BCUT2D eigenvalue weighted by atomic mass is 10.0. The van der Waals surface area contributed by atoms with Crippen LogP contribution in [0.15, 0.2) is 87.5 Å². The van der Waals surface area contributed by atoms with E-state index in [-0.39, 0.29) is 23.5 Å². The van der Waals surface area contributed by atoms with Gasteiger partial charge in [-0.05, 0) is 85.0 Å². The van der Waals surface area contributed by atoms with Crippen molar-refractivity contribution in [1.82, 2.24) is 5.48 Å². The molecule has 0 aromatic heterocycles. The number of nitrogens with one attached hydrogen (secondary N) is 1. The van der Waals surface area contributed by atoms with E-state index < -0.39 is 20.5 Å². The molecule has 34 heavy (non-hydrogen) atoms. The summed E-state index contributed by atoms with van der Waals surface area (Å²) < 4.78 is 31.7. The second-order valence-corrected chi connectivity index (χ2v) is 12.3. The number of ether oxygens (including phenoxy) is 1. The van der Waals surface area contributed by atoms with Crippen molar-refractivity contribution in [3.05, 3.63) is 72.8 Å². The fourth-order valence-electron chi connectivity index (χ4n) is 3.76. The Balaban J connectivity index is 1.60. The number of hydrogen-bond donors (Lipinski definition) is 3. The van der Waals surface area contributed by atoms with Gasteiger partial charge in [-0.25, -0.2) is 13.9 Å². The normalized spacial score (nSPS) is 15.4. The van der Waals surface area contributed by atoms with Crippen LogP contribution < -0.4 is 16.0 Å². The molecule has 7 nitrogen and oxygen atoms in total. The summed E-state index contributed by atoms with van der Waals surface area (Å²) in [5, 5.41) is 9.30. The van der Waals surface area contributed by atoms with Crippen LogP contribution in [0.25, 0.3) is 0 Å². The molecule has 1 fully saturated rings. The van der Waals surface area contributed by atoms with Crippen molar-refractivity contribution in [1.29, 1.82) is 0 Å². The zero-order chi connectivity index (χ0) is 24.2. The molecule has 0 saturated carbocycles. The van der Waals surface area contributed by atoms with E-state index in [1.807, 2.05) is 36.4 Å². The lowest BCUT2D eigenvalue weighted by Gasteiger charge is -2.34. The number of nitrogens with two attached hydrogens (primary N) is 1. The van der Waals surface area contributed by atoms with Gasteiger partial charge in [-0.3, -0.25) is 10.0 Å². The van der Waals surface area contributed by atoms with Gasteiger partial charge in [-0.1, -0.05) is 23.9 Å². The quantitative estimate of drug-likeness (QED) is 0.234. The molecule has 0 atom stereocenters. The van der Waals surface area contributed by atoms with Crippen molar-refractivity contribution in [2.75, 3.05) is 17.2 Å². The minimum atomic E-state index is -4.16. The monoisotopic (exact) mass is 516 g/mol. The number of benzene rings is 3. The van der Waals surface area contributed by atoms with Crippen LogP contribution in [0.4, 0.5) is 5.69 Å². The number of hydroxylamine groups is 1. The summed E-state index contributed by atoms with van der Waals surface area (Å²) in [6.07, 6.45) is 0.218. The summed E-state index contributed by atoms with van der Waals surface area (Å²) in [6, 6.07) is 21.1. The Hall–Kier alpha value is -2.66. The lowest BCUT2D eigenvalue weighted by Crippen LogP contribution is -2.53. The van der Waals surface area contributed by atoms with Gasteiger partial charge >= 0.3 is 0 Å². The molecule has 1 aliphatic heterocycles. The maximum Gasteiger partial charge on any atom is 0.265 e. The standard InChI is InChI=1S/C24H24N2O5S3/c25-17-5-9-19(10-6-17)33-20-11-7-18(8-12-20)31-21-3-1-2-4-22(21)34(29,30)24(23(27)26-28)13-15-32-16-14-24/h1-12,28H,13-16,25H2,(H,26,27). The Morgan fingerprint density at radius 3 is 2.18 bits per heavy atom. The molecule has 1 heterocycles. The Morgan fingerprint density at radius 1 is 0.971 bits per heavy atom. The third kappa shape index (κ3) is 4.90. The molecule has 0 aliphatic carbocycles. The van der Waals surface area contributed by atoms with Crippen LogP contribution in [-0.4, -0.2) is 35.8 Å². The molecule has 0 radical (unpaired) electrons. The third-order valence-corrected chi connectivity index (χ3v) is 10.2. The predicted octanol–water partition coefficient (Wildman–Crippen LogP) is 4.76. The average molecular weight is 517 g/mol. The van der Waals surface area contributed by atoms with E-state index in [0.29, 0.717) is 22.9 Å². The summed E-state index contributed by atoms with van der Waals surface area (Å²) in [7, 11) is -4.16. The van der Waals surface area contributed by atoms with Crippen molar-refractivity contribution in [2.24, 2.45) is 0 Å². The second kappa shape index (κ2) is 10.3. The fourth-order valence-corrected chi connectivity index (χ4v) is 8.11. The van der Waals surface area contributed by atoms with Crippen molar-refractivity contribution in [3.8, 4) is 11.5 Å². The number of carbonyl (C=O) groups excluding carboxylic acids is 1. The first-order valence-electron chi connectivity index (χ1n) is 10.5. The predicted molar refractivity (Wildman–Crippen MR) is 134 cm³/mol. The number of carbonyl (C=O) groups is 1. The van der Waals surface area contributed by atoms with E-state index in [0.717, 1.165) is 9.79 Å². The number of nitrogen functional groups attached to an aromatic ring is 1. The minimum absolute atomic E-state index is 0.0779. The van der Waals surface area contributed by atoms with Crippen molar-refractivity contribution in [2.45, 2.75) is 32.3 Å². The van der Waals surface area contributed by atoms with Gasteiger partial charge in [0.05, 0.1) is 0 Å². The molecule has 0 spiro atoms. The molecular formula is C24H24N2O5S3. The first-order chi connectivity index (χ1) is 16.4. The summed E-state index contributed by atoms with van der Waals surface area (Å²) in [4.78, 5) is 14.5. The molecule has 0 unspecified atom stereocenters. The Bertz CT molecular complexity index is 1260. The van der Waals surface area contributed by atoms with Gasteiger partial charge in [0, 0.05) is 15.5 Å². The van der Waals surface area contributed by atoms with Crippen LogP contribution in [0, 0.1) is 0 Å². The first-order valence-corrected chi connectivity index (χ1v) is 14.0. The lowest BCUT2D eigenvalue weighted by molar-refractivity contribution is -0.132. The van der Waals surface area contributed by atoms with Crippen LogP contribution in [0.1, 0.15) is 12.8 Å². The summed E-state index contributed by atoms with van der Waals surface area (Å²) in [6.45, 7) is 0. The number of rotatable bonds is 7. The fraction of sp³-hybridized carbons (Fsp3) is 0.208. The van der Waals surface area contributed by atoms with Crippen LogP contribution >= 0.6 is 23.5 Å². The third-order valence-electron chi connectivity index (χ3n) is 5.64. The van der Waals surface area contributed by atoms with Gasteiger partial charge in [-0.15, -0.1) is 0 Å². The van der Waals surface area contributed by atoms with E-state index in [2.05, 4.69) is 0 Å². The van der Waals surface area contributed by atoms with Gasteiger partial charge < -0.3 is 10.5 Å². The largest absolute Gasteiger partial charge is 0.456 e. The Labute approximate surface area is 207 Å². The van der Waals surface area contributed by atoms with Gasteiger partial charge in [0.2, 0.25) is 0 Å². The van der Waals surface area contributed by atoms with Crippen LogP contribution in [0.2, 0.25) is 0 Å². The van der Waals surface area contributed by atoms with E-state index in [4.69, 9.17) is 10.5 Å². The smallest absolute Gasteiger partial charge is 0.265 e. The van der Waals surface area contributed by atoms with Crippen LogP contribution in [0.3, 0.4) is 0 Å². The van der Waals surface area contributed by atoms with Gasteiger partial charge in [0.15, 0.2) is 14.6 Å². The minimum Gasteiger partial charge on any atom is -0.456 e. The molecule has 0 bridgehead atoms. The number of thioether (sulfide) groups is 1. The molecule has 10 heteroatoms. The van der Waals surface area contributed by atoms with Crippen molar-refractivity contribution in [3.63, 3.8) is 0 Å². The topological polar surface area (TPSA) is 119 Å². The van der Waals surface area contributed by atoms with Crippen molar-refractivity contribution >= 4 is 45.0 Å². The highest BCUT2D eigenvalue weighted by molar-refractivity contribution is 7.99. The molecule has 4 N–H and O–H groups in total. The van der Waals surface area contributed by atoms with Crippen LogP contribution in [0.5, 0.6) is 11.5 Å². The molecule has 3 aromatic rings. The average Bonchev–Trinajstić information content (AvgIpc) is 2.86. The van der Waals surface area contributed by atoms with Gasteiger partial charge in [0.1, 0.15) is 16.4 Å². The molecule has 178 valence electrons. The molecular weight excluding hydrogens is 492 g/mol. The maximum absolute atomic E-state index is 13.7. The maximum atomic E-state index is 13.7. The molecule has 4 rings (SSSR count). The molecule has 1 aliphatic rings. The highest BCUT2D eigenvalue weighted by atomic mass is 32.2. The van der Waals surface area contributed by atoms with E-state index in [9.17, 15) is 18.4 Å². The number of sulfone groups is 1. The van der Waals surface area contributed by atoms with Crippen molar-refractivity contribution < 1.29 is 23.2 Å². The summed E-state index contributed by atoms with van der Waals surface area (Å²) in [5.74, 6) is 0.687. The van der Waals surface area contributed by atoms with Crippen LogP contribution in [-0.2, 0) is 14.6 Å². The zero-order valence-electron chi connectivity index (χ0n) is 18.1. The first kappa shape index (κ1) is 24.5. The highest BCUT2D eigenvalue weighted by Crippen LogP contribution is 2.42. The molecule has 3 aromatic carbocycles. The highest BCUT2D eigenvalue weighted by Gasteiger charge is 2.52. The SMILES string of the molecule is Nc1ccc(Sc2ccc(Oc3ccccc3S(=O)(=O)C3(C(=O)NO)CCSCC3)cc2)cc1. The summed E-state index contributed by atoms with van der Waals surface area (Å²) >= 11 is 3.15. The number of anilines is 1. The van der Waals surface area contributed by atoms with E-state index >= 15 is 0 Å². The van der Waals surface area contributed by atoms with Gasteiger partial charge in [-0.2, -0.15) is 11.8 Å². The number of para-hydroxylation sites is 1. The zero-order valence-corrected chi connectivity index (χ0v) is 20.6. The molecule has 1 amide bonds. The second-order valence-electron chi connectivity index (χ2n) is 7.74. The Kier molecular flexibility index (Phi) is 7.42. The number of hydrogen-bond acceptors (Lipinski definition) is 8. The summed E-state index contributed by atoms with van der Waals surface area (Å²) in [5.41, 5.74) is 8.01. The Morgan fingerprint density at radius 2 is 1.56 bits per heavy atom.